The molecule has 0 saturated heterocycles. The van der Waals surface area contributed by atoms with Crippen LogP contribution in [-0.2, 0) is 0 Å². The second kappa shape index (κ2) is 9.89. The maximum atomic E-state index is 2.43. The minimum atomic E-state index is 1.23. The third-order valence-corrected chi connectivity index (χ3v) is 11.1. The summed E-state index contributed by atoms with van der Waals surface area (Å²) >= 11 is 0. The van der Waals surface area contributed by atoms with Crippen LogP contribution in [0.3, 0.4) is 0 Å². The van der Waals surface area contributed by atoms with E-state index in [1.165, 1.54) is 115 Å². The third kappa shape index (κ3) is 3.53. The Balaban J connectivity index is 1.38. The van der Waals surface area contributed by atoms with E-state index in [9.17, 15) is 0 Å². The Labute approximate surface area is 284 Å². The summed E-state index contributed by atoms with van der Waals surface area (Å²) in [5.74, 6) is 0. The minimum absolute atomic E-state index is 1.23. The van der Waals surface area contributed by atoms with Crippen molar-refractivity contribution in [3.05, 3.63) is 169 Å². The summed E-state index contributed by atoms with van der Waals surface area (Å²) < 4.78 is 0. The minimum Gasteiger partial charge on any atom is -0.0622 e. The van der Waals surface area contributed by atoms with Gasteiger partial charge >= 0.3 is 0 Å². The van der Waals surface area contributed by atoms with E-state index in [1.807, 2.05) is 0 Å². The van der Waals surface area contributed by atoms with Gasteiger partial charge in [-0.2, -0.15) is 0 Å². The predicted molar refractivity (Wildman–Crippen MR) is 211 cm³/mol. The average molecular weight is 619 g/mol. The van der Waals surface area contributed by atoms with Crippen molar-refractivity contribution in [1.29, 1.82) is 0 Å². The fourth-order valence-electron chi connectivity index (χ4n) is 9.11. The van der Waals surface area contributed by atoms with Crippen LogP contribution in [0, 0.1) is 6.92 Å². The topological polar surface area (TPSA) is 0 Å². The number of fused-ring (bicyclic) bond motifs is 6. The van der Waals surface area contributed by atoms with E-state index >= 15 is 0 Å². The number of hydrogen-bond acceptors (Lipinski definition) is 0. The summed E-state index contributed by atoms with van der Waals surface area (Å²) in [6.45, 7) is 2.25. The number of aryl methyl sites for hydroxylation is 1. The zero-order chi connectivity index (χ0) is 32.2. The van der Waals surface area contributed by atoms with Gasteiger partial charge in [0.15, 0.2) is 0 Å². The lowest BCUT2D eigenvalue weighted by Crippen LogP contribution is -1.96. The van der Waals surface area contributed by atoms with Gasteiger partial charge < -0.3 is 0 Å². The monoisotopic (exact) mass is 618 g/mol. The van der Waals surface area contributed by atoms with E-state index in [0.717, 1.165) is 0 Å². The maximum absolute atomic E-state index is 2.43. The predicted octanol–water partition coefficient (Wildman–Crippen LogP) is 13.8. The molecule has 0 atom stereocenters. The lowest BCUT2D eigenvalue weighted by atomic mass is 9.80. The Bertz CT molecular complexity index is 2930. The standard InChI is InChI=1S/C49H30/c1-29-13-5-6-18-32(29)44-37-21-9-10-22-38(37)46(34-20-8-7-19-33(34)30-14-3-2-4-15-30)49-42-28-26-40-36-24-12-17-31-16-11-23-35(43(31)36)39-25-27-41(48(44)49)47(42)45(39)40/h2-28H,1H3. The fraction of sp³-hybridized carbons (Fsp3) is 0.0204. The molecule has 1 aliphatic rings. The SMILES string of the molecule is Cc1ccccc1-c1c2c(c(-c3ccccc3-c3ccccc3)c3ccccc13)-c1ccc3c4cccc5cccc(c6ccc-2c1c63)c54. The molecule has 0 spiro atoms. The molecule has 0 aromatic heterocycles. The van der Waals surface area contributed by atoms with Gasteiger partial charge in [0.05, 0.1) is 0 Å². The van der Waals surface area contributed by atoms with Crippen LogP contribution < -0.4 is 0 Å². The zero-order valence-electron chi connectivity index (χ0n) is 27.1. The Morgan fingerprint density at radius 3 is 1.39 bits per heavy atom. The lowest BCUT2D eigenvalue weighted by molar-refractivity contribution is 1.47. The van der Waals surface area contributed by atoms with Crippen molar-refractivity contribution in [3.8, 4) is 55.6 Å². The molecule has 0 N–H and O–H groups in total. The van der Waals surface area contributed by atoms with Gasteiger partial charge in [-0.3, -0.25) is 0 Å². The Hall–Kier alpha value is -6.24. The highest BCUT2D eigenvalue weighted by Crippen LogP contribution is 2.60. The zero-order valence-corrected chi connectivity index (χ0v) is 27.1. The van der Waals surface area contributed by atoms with E-state index in [0.29, 0.717) is 0 Å². The molecule has 0 radical (unpaired) electrons. The molecular weight excluding hydrogens is 589 g/mol. The molecule has 11 rings (SSSR count). The van der Waals surface area contributed by atoms with Crippen LogP contribution in [0.4, 0.5) is 0 Å². The Kier molecular flexibility index (Phi) is 5.41. The van der Waals surface area contributed by atoms with Crippen LogP contribution in [-0.4, -0.2) is 0 Å². The summed E-state index contributed by atoms with van der Waals surface area (Å²) in [6, 6.07) is 61.1. The summed E-state index contributed by atoms with van der Waals surface area (Å²) in [5.41, 5.74) is 14.3. The lowest BCUT2D eigenvalue weighted by Gasteiger charge is -2.22. The van der Waals surface area contributed by atoms with Gasteiger partial charge in [0.2, 0.25) is 0 Å². The van der Waals surface area contributed by atoms with Crippen molar-refractivity contribution in [1.82, 2.24) is 0 Å². The molecule has 0 amide bonds. The molecule has 0 heterocycles. The maximum Gasteiger partial charge on any atom is -0.000718 e. The van der Waals surface area contributed by atoms with E-state index in [2.05, 4.69) is 171 Å². The number of benzene rings is 10. The second-order valence-corrected chi connectivity index (χ2v) is 13.6. The molecule has 0 saturated carbocycles. The molecule has 49 heavy (non-hydrogen) atoms. The number of rotatable bonds is 3. The summed E-state index contributed by atoms with van der Waals surface area (Å²) in [5, 5.41) is 13.3. The molecule has 0 nitrogen and oxygen atoms in total. The van der Waals surface area contributed by atoms with Crippen LogP contribution in [0.25, 0.3) is 109 Å². The highest BCUT2D eigenvalue weighted by molar-refractivity contribution is 6.39. The molecule has 10 aromatic rings. The molecule has 1 aliphatic carbocycles. The molecular formula is C49H30. The van der Waals surface area contributed by atoms with Gasteiger partial charge in [0, 0.05) is 0 Å². The first-order valence-electron chi connectivity index (χ1n) is 17.2. The van der Waals surface area contributed by atoms with Gasteiger partial charge in [-0.1, -0.05) is 164 Å². The first-order valence-corrected chi connectivity index (χ1v) is 17.2. The summed E-state index contributed by atoms with van der Waals surface area (Å²) in [4.78, 5) is 0. The molecule has 226 valence electrons. The van der Waals surface area contributed by atoms with Crippen molar-refractivity contribution in [2.75, 3.05) is 0 Å². The smallest absolute Gasteiger partial charge is 0.000718 e. The molecule has 0 heteroatoms. The van der Waals surface area contributed by atoms with Gasteiger partial charge in [-0.25, -0.2) is 0 Å². The van der Waals surface area contributed by atoms with Crippen molar-refractivity contribution in [2.24, 2.45) is 0 Å². The average Bonchev–Trinajstić information content (AvgIpc) is 3.49. The number of hydrogen-bond donors (Lipinski definition) is 0. The van der Waals surface area contributed by atoms with Gasteiger partial charge in [-0.05, 0) is 122 Å². The van der Waals surface area contributed by atoms with Crippen LogP contribution in [0.15, 0.2) is 164 Å². The van der Waals surface area contributed by atoms with Crippen molar-refractivity contribution in [2.45, 2.75) is 6.92 Å². The van der Waals surface area contributed by atoms with Gasteiger partial charge in [0.25, 0.3) is 0 Å². The van der Waals surface area contributed by atoms with Gasteiger partial charge in [-0.15, -0.1) is 0 Å². The third-order valence-electron chi connectivity index (χ3n) is 11.1. The quantitative estimate of drug-likeness (QED) is 0.136. The molecule has 0 bridgehead atoms. The van der Waals surface area contributed by atoms with Crippen LogP contribution >= 0.6 is 0 Å². The highest BCUT2D eigenvalue weighted by Gasteiger charge is 2.32. The summed E-state index contributed by atoms with van der Waals surface area (Å²) in [7, 11) is 0. The van der Waals surface area contributed by atoms with Crippen LogP contribution in [0.5, 0.6) is 0 Å². The normalized spacial score (nSPS) is 12.2. The molecule has 0 unspecified atom stereocenters. The van der Waals surface area contributed by atoms with Crippen molar-refractivity contribution >= 4 is 53.9 Å². The Morgan fingerprint density at radius 2 is 0.755 bits per heavy atom. The Morgan fingerprint density at radius 1 is 0.265 bits per heavy atom. The van der Waals surface area contributed by atoms with Crippen molar-refractivity contribution < 1.29 is 0 Å². The highest BCUT2D eigenvalue weighted by atomic mass is 14.3. The van der Waals surface area contributed by atoms with E-state index < -0.39 is 0 Å². The van der Waals surface area contributed by atoms with E-state index in [4.69, 9.17) is 0 Å². The first kappa shape index (κ1) is 26.8. The molecule has 0 fully saturated rings. The first-order chi connectivity index (χ1) is 24.3. The van der Waals surface area contributed by atoms with Gasteiger partial charge in [0.1, 0.15) is 0 Å². The van der Waals surface area contributed by atoms with Crippen molar-refractivity contribution in [3.63, 3.8) is 0 Å². The van der Waals surface area contributed by atoms with E-state index in [1.54, 1.807) is 0 Å². The van der Waals surface area contributed by atoms with Crippen LogP contribution in [0.2, 0.25) is 0 Å². The fourth-order valence-corrected chi connectivity index (χ4v) is 9.11. The molecule has 0 aliphatic heterocycles. The largest absolute Gasteiger partial charge is 0.0622 e. The summed E-state index contributed by atoms with van der Waals surface area (Å²) in [6.07, 6.45) is 0. The van der Waals surface area contributed by atoms with E-state index in [-0.39, 0.29) is 0 Å². The van der Waals surface area contributed by atoms with Crippen LogP contribution in [0.1, 0.15) is 5.56 Å². The second-order valence-electron chi connectivity index (χ2n) is 13.6. The molecule has 10 aromatic carbocycles.